The maximum Gasteiger partial charge on any atom is 0.0350 e. The predicted octanol–water partition coefficient (Wildman–Crippen LogP) is 1.26. The summed E-state index contributed by atoms with van der Waals surface area (Å²) in [5.74, 6) is 0. The second kappa shape index (κ2) is 5.48. The van der Waals surface area contributed by atoms with E-state index in [9.17, 15) is 0 Å². The Labute approximate surface area is 101 Å². The van der Waals surface area contributed by atoms with Crippen LogP contribution in [0.2, 0.25) is 0 Å². The second-order valence-corrected chi connectivity index (χ2v) is 6.34. The maximum atomic E-state index is 3.33. The summed E-state index contributed by atoms with van der Waals surface area (Å²) in [4.78, 5) is 5.13. The minimum atomic E-state index is 0.390. The number of nitrogens with one attached hydrogen (secondary N) is 1. The molecule has 0 aromatic heterocycles. The molecule has 1 rings (SSSR count). The topological polar surface area (TPSA) is 18.5 Å². The fraction of sp³-hybridized carbons (Fsp3) is 1.00. The number of rotatable bonds is 3. The standard InChI is InChI=1S/C13H29N3/c1-11(2)16-10-13(3,4)9-15(6)8-12(16)7-14-5/h11-12,14H,7-10H2,1-6H3. The average molecular weight is 227 g/mol. The first-order chi connectivity index (χ1) is 7.35. The zero-order valence-electron chi connectivity index (χ0n) is 11.9. The van der Waals surface area contributed by atoms with Crippen molar-refractivity contribution in [1.82, 2.24) is 15.1 Å². The lowest BCUT2D eigenvalue weighted by Crippen LogP contribution is -2.49. The van der Waals surface area contributed by atoms with E-state index in [0.29, 0.717) is 17.5 Å². The van der Waals surface area contributed by atoms with Crippen molar-refractivity contribution in [2.75, 3.05) is 40.3 Å². The highest BCUT2D eigenvalue weighted by Crippen LogP contribution is 2.25. The van der Waals surface area contributed by atoms with Gasteiger partial charge in [0, 0.05) is 38.3 Å². The molecule has 0 radical (unpaired) electrons. The van der Waals surface area contributed by atoms with Crippen molar-refractivity contribution in [3.05, 3.63) is 0 Å². The van der Waals surface area contributed by atoms with E-state index in [1.807, 2.05) is 0 Å². The Morgan fingerprint density at radius 2 is 1.94 bits per heavy atom. The molecule has 3 nitrogen and oxygen atoms in total. The number of hydrogen-bond donors (Lipinski definition) is 1. The molecule has 1 N–H and O–H groups in total. The predicted molar refractivity (Wildman–Crippen MR) is 70.8 cm³/mol. The third kappa shape index (κ3) is 3.72. The van der Waals surface area contributed by atoms with Gasteiger partial charge in [-0.3, -0.25) is 4.90 Å². The van der Waals surface area contributed by atoms with Crippen molar-refractivity contribution in [2.24, 2.45) is 5.41 Å². The zero-order valence-corrected chi connectivity index (χ0v) is 11.9. The fourth-order valence-corrected chi connectivity index (χ4v) is 2.95. The SMILES string of the molecule is CNCC1CN(C)CC(C)(C)CN1C(C)C. The minimum absolute atomic E-state index is 0.390. The van der Waals surface area contributed by atoms with Crippen molar-refractivity contribution >= 4 is 0 Å². The molecule has 1 heterocycles. The van der Waals surface area contributed by atoms with Crippen molar-refractivity contribution in [1.29, 1.82) is 0 Å². The molecule has 1 aliphatic rings. The Morgan fingerprint density at radius 3 is 2.44 bits per heavy atom. The van der Waals surface area contributed by atoms with E-state index in [1.165, 1.54) is 19.6 Å². The molecule has 1 fully saturated rings. The van der Waals surface area contributed by atoms with Crippen LogP contribution in [0.3, 0.4) is 0 Å². The lowest BCUT2D eigenvalue weighted by molar-refractivity contribution is 0.120. The van der Waals surface area contributed by atoms with Crippen LogP contribution >= 0.6 is 0 Å². The van der Waals surface area contributed by atoms with Gasteiger partial charge >= 0.3 is 0 Å². The van der Waals surface area contributed by atoms with Crippen molar-refractivity contribution < 1.29 is 0 Å². The number of likely N-dealkylation sites (N-methyl/N-ethyl adjacent to an activating group) is 2. The van der Waals surface area contributed by atoms with E-state index in [4.69, 9.17) is 0 Å². The van der Waals surface area contributed by atoms with Crippen LogP contribution in [0.25, 0.3) is 0 Å². The number of hydrogen-bond acceptors (Lipinski definition) is 3. The maximum absolute atomic E-state index is 3.33. The third-order valence-corrected chi connectivity index (χ3v) is 3.40. The van der Waals surface area contributed by atoms with E-state index in [1.54, 1.807) is 0 Å². The molecule has 16 heavy (non-hydrogen) atoms. The summed E-state index contributed by atoms with van der Waals surface area (Å²) in [6, 6.07) is 1.26. The monoisotopic (exact) mass is 227 g/mol. The zero-order chi connectivity index (χ0) is 12.3. The molecule has 0 amide bonds. The molecule has 0 aromatic rings. The van der Waals surface area contributed by atoms with Gasteiger partial charge < -0.3 is 10.2 Å². The molecular formula is C13H29N3. The van der Waals surface area contributed by atoms with E-state index in [0.717, 1.165) is 6.54 Å². The van der Waals surface area contributed by atoms with Gasteiger partial charge in [0.1, 0.15) is 0 Å². The minimum Gasteiger partial charge on any atom is -0.318 e. The lowest BCUT2D eigenvalue weighted by atomic mass is 9.92. The van der Waals surface area contributed by atoms with Gasteiger partial charge in [-0.25, -0.2) is 0 Å². The van der Waals surface area contributed by atoms with E-state index < -0.39 is 0 Å². The van der Waals surface area contributed by atoms with Crippen LogP contribution in [0.5, 0.6) is 0 Å². The Kier molecular flexibility index (Phi) is 4.77. The van der Waals surface area contributed by atoms with Crippen molar-refractivity contribution in [3.63, 3.8) is 0 Å². The summed E-state index contributed by atoms with van der Waals surface area (Å²) >= 11 is 0. The van der Waals surface area contributed by atoms with Crippen LogP contribution in [0.1, 0.15) is 27.7 Å². The van der Waals surface area contributed by atoms with Crippen LogP contribution in [0.4, 0.5) is 0 Å². The molecule has 1 unspecified atom stereocenters. The van der Waals surface area contributed by atoms with Gasteiger partial charge in [0.15, 0.2) is 0 Å². The van der Waals surface area contributed by atoms with E-state index >= 15 is 0 Å². The highest BCUT2D eigenvalue weighted by Gasteiger charge is 2.33. The van der Waals surface area contributed by atoms with Crippen LogP contribution in [-0.2, 0) is 0 Å². The smallest absolute Gasteiger partial charge is 0.0350 e. The fourth-order valence-electron chi connectivity index (χ4n) is 2.95. The molecule has 96 valence electrons. The Hall–Kier alpha value is -0.120. The summed E-state index contributed by atoms with van der Waals surface area (Å²) in [5, 5.41) is 3.33. The van der Waals surface area contributed by atoms with E-state index in [-0.39, 0.29) is 0 Å². The van der Waals surface area contributed by atoms with E-state index in [2.05, 4.69) is 56.9 Å². The summed E-state index contributed by atoms with van der Waals surface area (Å²) in [6.45, 7) is 14.0. The third-order valence-electron chi connectivity index (χ3n) is 3.40. The molecule has 1 aliphatic heterocycles. The second-order valence-electron chi connectivity index (χ2n) is 6.34. The normalized spacial score (nSPS) is 28.3. The first-order valence-electron chi connectivity index (χ1n) is 6.44. The summed E-state index contributed by atoms with van der Waals surface area (Å²) < 4.78 is 0. The quantitative estimate of drug-likeness (QED) is 0.783. The van der Waals surface area contributed by atoms with Crippen molar-refractivity contribution in [2.45, 2.75) is 39.8 Å². The molecular weight excluding hydrogens is 198 g/mol. The van der Waals surface area contributed by atoms with Crippen LogP contribution in [-0.4, -0.2) is 62.2 Å². The molecule has 1 saturated heterocycles. The van der Waals surface area contributed by atoms with Gasteiger partial charge in [0.05, 0.1) is 0 Å². The Morgan fingerprint density at radius 1 is 1.31 bits per heavy atom. The Bertz CT molecular complexity index is 213. The molecule has 0 aliphatic carbocycles. The molecule has 0 aromatic carbocycles. The van der Waals surface area contributed by atoms with Crippen LogP contribution < -0.4 is 5.32 Å². The summed E-state index contributed by atoms with van der Waals surface area (Å²) in [5.41, 5.74) is 0.390. The first kappa shape index (κ1) is 13.9. The molecule has 0 bridgehead atoms. The van der Waals surface area contributed by atoms with Gasteiger partial charge in [-0.1, -0.05) is 13.8 Å². The largest absolute Gasteiger partial charge is 0.318 e. The van der Waals surface area contributed by atoms with Crippen LogP contribution in [0.15, 0.2) is 0 Å². The van der Waals surface area contributed by atoms with Gasteiger partial charge in [-0.05, 0) is 33.4 Å². The lowest BCUT2D eigenvalue weighted by Gasteiger charge is -2.36. The number of nitrogens with zero attached hydrogens (tertiary/aromatic N) is 2. The Balaban J connectivity index is 2.81. The molecule has 0 spiro atoms. The first-order valence-corrected chi connectivity index (χ1v) is 6.44. The van der Waals surface area contributed by atoms with Gasteiger partial charge in [-0.15, -0.1) is 0 Å². The average Bonchev–Trinajstić information content (AvgIpc) is 2.22. The van der Waals surface area contributed by atoms with Crippen molar-refractivity contribution in [3.8, 4) is 0 Å². The summed E-state index contributed by atoms with van der Waals surface area (Å²) in [6.07, 6.45) is 0. The highest BCUT2D eigenvalue weighted by molar-refractivity contribution is 4.89. The summed E-state index contributed by atoms with van der Waals surface area (Å²) in [7, 11) is 4.29. The van der Waals surface area contributed by atoms with Crippen LogP contribution in [0, 0.1) is 5.41 Å². The molecule has 1 atom stereocenters. The van der Waals surface area contributed by atoms with Gasteiger partial charge in [0.2, 0.25) is 0 Å². The molecule has 0 saturated carbocycles. The van der Waals surface area contributed by atoms with Gasteiger partial charge in [-0.2, -0.15) is 0 Å². The highest BCUT2D eigenvalue weighted by atomic mass is 15.3. The van der Waals surface area contributed by atoms with Gasteiger partial charge in [0.25, 0.3) is 0 Å². The molecule has 3 heteroatoms.